The molecule has 0 saturated heterocycles. The van der Waals surface area contributed by atoms with E-state index in [1.165, 1.54) is 4.90 Å². The maximum absolute atomic E-state index is 12.6. The van der Waals surface area contributed by atoms with Gasteiger partial charge >= 0.3 is 0 Å². The van der Waals surface area contributed by atoms with E-state index in [9.17, 15) is 14.7 Å². The van der Waals surface area contributed by atoms with Gasteiger partial charge in [0.1, 0.15) is 0 Å². The second-order valence-electron chi connectivity index (χ2n) is 5.39. The van der Waals surface area contributed by atoms with Gasteiger partial charge in [-0.05, 0) is 13.0 Å². The molecule has 0 radical (unpaired) electrons. The largest absolute Gasteiger partial charge is 0.375 e. The summed E-state index contributed by atoms with van der Waals surface area (Å²) in [6, 6.07) is 15.8. The summed E-state index contributed by atoms with van der Waals surface area (Å²) in [5.41, 5.74) is -0.0971. The Morgan fingerprint density at radius 2 is 1.73 bits per heavy atom. The first-order valence-corrected chi connectivity index (χ1v) is 7.30. The molecule has 1 N–H and O–H groups in total. The Labute approximate surface area is 129 Å². The molecule has 4 nitrogen and oxygen atoms in total. The molecule has 0 aliphatic carbocycles. The van der Waals surface area contributed by atoms with E-state index in [1.54, 1.807) is 42.5 Å². The standard InChI is InChI=1S/C18H17NO3/c1-2-19-15-11-7-6-10-14(15)18(22,17(19)21)12-16(20)13-8-4-3-5-9-13/h3-11,22H,2,12H2,1H3/t18-/m0/s1. The van der Waals surface area contributed by atoms with Crippen LogP contribution in [0.5, 0.6) is 0 Å². The number of rotatable bonds is 4. The van der Waals surface area contributed by atoms with Gasteiger partial charge in [-0.1, -0.05) is 48.5 Å². The molecular formula is C18H17NO3. The first-order chi connectivity index (χ1) is 10.6. The zero-order valence-electron chi connectivity index (χ0n) is 12.3. The summed E-state index contributed by atoms with van der Waals surface area (Å²) in [5, 5.41) is 10.9. The Kier molecular flexibility index (Phi) is 3.54. The van der Waals surface area contributed by atoms with Gasteiger partial charge in [-0.25, -0.2) is 0 Å². The molecule has 4 heteroatoms. The quantitative estimate of drug-likeness (QED) is 0.882. The van der Waals surface area contributed by atoms with Crippen LogP contribution < -0.4 is 4.90 Å². The highest BCUT2D eigenvalue weighted by molar-refractivity contribution is 6.10. The van der Waals surface area contributed by atoms with Crippen LogP contribution in [-0.2, 0) is 10.4 Å². The van der Waals surface area contributed by atoms with Gasteiger partial charge in [0, 0.05) is 17.7 Å². The summed E-state index contributed by atoms with van der Waals surface area (Å²) in [6.07, 6.45) is -0.247. The van der Waals surface area contributed by atoms with Crippen molar-refractivity contribution in [3.63, 3.8) is 0 Å². The topological polar surface area (TPSA) is 57.6 Å². The molecule has 3 rings (SSSR count). The van der Waals surface area contributed by atoms with E-state index in [0.717, 1.165) is 0 Å². The molecule has 1 aliphatic heterocycles. The highest BCUT2D eigenvalue weighted by atomic mass is 16.3. The van der Waals surface area contributed by atoms with Crippen molar-refractivity contribution in [2.45, 2.75) is 18.9 Å². The van der Waals surface area contributed by atoms with Gasteiger partial charge in [0.15, 0.2) is 11.4 Å². The number of hydrogen-bond donors (Lipinski definition) is 1. The summed E-state index contributed by atoms with van der Waals surface area (Å²) < 4.78 is 0. The molecule has 0 bridgehead atoms. The third kappa shape index (κ3) is 2.12. The fraction of sp³-hybridized carbons (Fsp3) is 0.222. The number of fused-ring (bicyclic) bond motifs is 1. The van der Waals surface area contributed by atoms with E-state index in [2.05, 4.69) is 0 Å². The second kappa shape index (κ2) is 5.39. The van der Waals surface area contributed by atoms with Crippen molar-refractivity contribution in [1.82, 2.24) is 0 Å². The summed E-state index contributed by atoms with van der Waals surface area (Å²) in [5.74, 6) is -0.676. The van der Waals surface area contributed by atoms with E-state index < -0.39 is 11.5 Å². The van der Waals surface area contributed by atoms with Crippen molar-refractivity contribution in [2.24, 2.45) is 0 Å². The molecule has 0 unspecified atom stereocenters. The second-order valence-corrected chi connectivity index (χ2v) is 5.39. The average Bonchev–Trinajstić information content (AvgIpc) is 2.76. The molecule has 1 aliphatic rings. The van der Waals surface area contributed by atoms with Gasteiger partial charge < -0.3 is 10.0 Å². The number of carbonyl (C=O) groups excluding carboxylic acids is 2. The summed E-state index contributed by atoms with van der Waals surface area (Å²) in [6.45, 7) is 2.30. The van der Waals surface area contributed by atoms with Crippen molar-refractivity contribution in [3.05, 3.63) is 65.7 Å². The first-order valence-electron chi connectivity index (χ1n) is 7.30. The van der Waals surface area contributed by atoms with Crippen LogP contribution in [0.4, 0.5) is 5.69 Å². The predicted octanol–water partition coefficient (Wildman–Crippen LogP) is 2.51. The Hall–Kier alpha value is -2.46. The lowest BCUT2D eigenvalue weighted by molar-refractivity contribution is -0.135. The van der Waals surface area contributed by atoms with Crippen LogP contribution in [-0.4, -0.2) is 23.3 Å². The Morgan fingerprint density at radius 3 is 2.41 bits per heavy atom. The fourth-order valence-electron chi connectivity index (χ4n) is 2.95. The third-order valence-electron chi connectivity index (χ3n) is 4.07. The Bertz CT molecular complexity index is 726. The van der Waals surface area contributed by atoms with Gasteiger partial charge in [0.25, 0.3) is 5.91 Å². The number of Topliss-reactive ketones (excluding diaryl/α,β-unsaturated/α-hetero) is 1. The number of nitrogens with zero attached hydrogens (tertiary/aromatic N) is 1. The van der Waals surface area contributed by atoms with Crippen LogP contribution in [0.25, 0.3) is 0 Å². The molecule has 22 heavy (non-hydrogen) atoms. The molecule has 0 fully saturated rings. The lowest BCUT2D eigenvalue weighted by Crippen LogP contribution is -2.41. The summed E-state index contributed by atoms with van der Waals surface area (Å²) >= 11 is 0. The van der Waals surface area contributed by atoms with Crippen LogP contribution >= 0.6 is 0 Å². The predicted molar refractivity (Wildman–Crippen MR) is 83.8 cm³/mol. The number of likely N-dealkylation sites (N-methyl/N-ethyl adjacent to an activating group) is 1. The van der Waals surface area contributed by atoms with Crippen LogP contribution in [0, 0.1) is 0 Å². The van der Waals surface area contributed by atoms with Gasteiger partial charge in [-0.2, -0.15) is 0 Å². The van der Waals surface area contributed by atoms with Gasteiger partial charge in [-0.15, -0.1) is 0 Å². The van der Waals surface area contributed by atoms with E-state index in [1.807, 2.05) is 19.1 Å². The highest BCUT2D eigenvalue weighted by Gasteiger charge is 2.50. The molecule has 0 saturated carbocycles. The minimum atomic E-state index is -1.78. The Morgan fingerprint density at radius 1 is 1.09 bits per heavy atom. The number of aliphatic hydroxyl groups is 1. The van der Waals surface area contributed by atoms with Gasteiger partial charge in [0.05, 0.1) is 12.1 Å². The number of carbonyl (C=O) groups is 2. The van der Waals surface area contributed by atoms with E-state index in [0.29, 0.717) is 23.4 Å². The van der Waals surface area contributed by atoms with E-state index >= 15 is 0 Å². The minimum absolute atomic E-state index is 0.246. The summed E-state index contributed by atoms with van der Waals surface area (Å²) in [7, 11) is 0. The lowest BCUT2D eigenvalue weighted by Gasteiger charge is -2.22. The van der Waals surface area contributed by atoms with Crippen LogP contribution in [0.15, 0.2) is 54.6 Å². The first kappa shape index (κ1) is 14.5. The van der Waals surface area contributed by atoms with Crippen molar-refractivity contribution < 1.29 is 14.7 Å². The van der Waals surface area contributed by atoms with Crippen molar-refractivity contribution in [1.29, 1.82) is 0 Å². The summed E-state index contributed by atoms with van der Waals surface area (Å²) in [4.78, 5) is 26.6. The van der Waals surface area contributed by atoms with Gasteiger partial charge in [0.2, 0.25) is 0 Å². The molecule has 112 valence electrons. The normalized spacial score (nSPS) is 20.1. The van der Waals surface area contributed by atoms with Crippen LogP contribution in [0.1, 0.15) is 29.3 Å². The van der Waals surface area contributed by atoms with E-state index in [4.69, 9.17) is 0 Å². The number of amides is 1. The van der Waals surface area contributed by atoms with Gasteiger partial charge in [-0.3, -0.25) is 9.59 Å². The van der Waals surface area contributed by atoms with Crippen molar-refractivity contribution in [2.75, 3.05) is 11.4 Å². The molecule has 1 atom stereocenters. The molecule has 0 spiro atoms. The maximum Gasteiger partial charge on any atom is 0.264 e. The molecular weight excluding hydrogens is 278 g/mol. The van der Waals surface area contributed by atoms with E-state index in [-0.39, 0.29) is 12.2 Å². The van der Waals surface area contributed by atoms with Crippen molar-refractivity contribution >= 4 is 17.4 Å². The zero-order valence-corrected chi connectivity index (χ0v) is 12.3. The van der Waals surface area contributed by atoms with Crippen LogP contribution in [0.2, 0.25) is 0 Å². The maximum atomic E-state index is 12.6. The number of anilines is 1. The molecule has 1 heterocycles. The smallest absolute Gasteiger partial charge is 0.264 e. The zero-order chi connectivity index (χ0) is 15.7. The molecule has 0 aromatic heterocycles. The number of hydrogen-bond acceptors (Lipinski definition) is 3. The average molecular weight is 295 g/mol. The molecule has 2 aromatic rings. The molecule has 2 aromatic carbocycles. The fourth-order valence-corrected chi connectivity index (χ4v) is 2.95. The highest BCUT2D eigenvalue weighted by Crippen LogP contribution is 2.42. The minimum Gasteiger partial charge on any atom is -0.375 e. The number of ketones is 1. The monoisotopic (exact) mass is 295 g/mol. The number of para-hydroxylation sites is 1. The van der Waals surface area contributed by atoms with Crippen molar-refractivity contribution in [3.8, 4) is 0 Å². The molecule has 1 amide bonds. The lowest BCUT2D eigenvalue weighted by atomic mass is 9.88. The van der Waals surface area contributed by atoms with Crippen LogP contribution in [0.3, 0.4) is 0 Å². The Balaban J connectivity index is 1.99. The third-order valence-corrected chi connectivity index (χ3v) is 4.07. The number of benzene rings is 2. The SMILES string of the molecule is CCN1C(=O)[C@](O)(CC(=O)c2ccccc2)c2ccccc21.